The average Bonchev–Trinajstić information content (AvgIpc) is 2.62. The highest BCUT2D eigenvalue weighted by Gasteiger charge is 2.41. The third-order valence-electron chi connectivity index (χ3n) is 3.95. The van der Waals surface area contributed by atoms with Crippen LogP contribution in [0.5, 0.6) is 5.75 Å². The fraction of sp³-hybridized carbons (Fsp3) is 0.235. The van der Waals surface area contributed by atoms with Crippen molar-refractivity contribution in [2.45, 2.75) is 26.0 Å². The molecule has 2 atom stereocenters. The molecule has 2 heterocycles. The number of Topliss-reactive ketones (excluding diaryl/α,β-unsaturated/α-hetero) is 1. The van der Waals surface area contributed by atoms with E-state index in [0.717, 1.165) is 0 Å². The van der Waals surface area contributed by atoms with Crippen molar-refractivity contribution in [1.29, 1.82) is 0 Å². The maximum atomic E-state index is 12.7. The number of carbonyl (C=O) groups excluding carboxylic acids is 2. The van der Waals surface area contributed by atoms with Gasteiger partial charge in [-0.3, -0.25) is 14.5 Å². The van der Waals surface area contributed by atoms with Gasteiger partial charge in [-0.1, -0.05) is 30.3 Å². The zero-order chi connectivity index (χ0) is 18.1. The van der Waals surface area contributed by atoms with Gasteiger partial charge in [0.2, 0.25) is 0 Å². The van der Waals surface area contributed by atoms with E-state index < -0.39 is 28.8 Å². The van der Waals surface area contributed by atoms with Crippen molar-refractivity contribution >= 4 is 23.3 Å². The molecule has 3 rings (SSSR count). The molecule has 0 spiro atoms. The van der Waals surface area contributed by atoms with E-state index in [1.807, 2.05) is 0 Å². The number of carbonyl (C=O) groups is 2. The zero-order valence-corrected chi connectivity index (χ0v) is 13.6. The fourth-order valence-corrected chi connectivity index (χ4v) is 2.67. The third kappa shape index (κ3) is 2.93. The molecular formula is C17H15N3O5. The van der Waals surface area contributed by atoms with Crippen molar-refractivity contribution in [2.75, 3.05) is 4.90 Å². The molecule has 25 heavy (non-hydrogen) atoms. The lowest BCUT2D eigenvalue weighted by molar-refractivity contribution is -0.389. The molecule has 1 aliphatic heterocycles. The summed E-state index contributed by atoms with van der Waals surface area (Å²) in [5.74, 6) is -0.979. The number of anilines is 1. The van der Waals surface area contributed by atoms with E-state index in [-0.39, 0.29) is 17.4 Å². The quantitative estimate of drug-likeness (QED) is 0.480. The van der Waals surface area contributed by atoms with Gasteiger partial charge in [0, 0.05) is 11.6 Å². The molecule has 1 amide bonds. The molecule has 8 heteroatoms. The van der Waals surface area contributed by atoms with Crippen molar-refractivity contribution in [3.8, 4) is 5.75 Å². The number of hydrogen-bond acceptors (Lipinski definition) is 6. The van der Waals surface area contributed by atoms with Gasteiger partial charge in [-0.15, -0.1) is 0 Å². The second kappa shape index (κ2) is 6.31. The van der Waals surface area contributed by atoms with Crippen LogP contribution in [0.25, 0.3) is 0 Å². The molecule has 1 aliphatic rings. The summed E-state index contributed by atoms with van der Waals surface area (Å²) in [5.41, 5.74) is 0.439. The van der Waals surface area contributed by atoms with Gasteiger partial charge in [0.25, 0.3) is 11.7 Å². The van der Waals surface area contributed by atoms with E-state index in [4.69, 9.17) is 4.74 Å². The Morgan fingerprint density at radius 1 is 1.28 bits per heavy atom. The maximum absolute atomic E-state index is 12.7. The van der Waals surface area contributed by atoms with E-state index in [1.165, 1.54) is 17.0 Å². The van der Waals surface area contributed by atoms with Crippen LogP contribution in [0.4, 0.5) is 11.6 Å². The number of nitro groups is 1. The summed E-state index contributed by atoms with van der Waals surface area (Å²) in [7, 11) is 0. The molecule has 0 radical (unpaired) electrons. The average molecular weight is 341 g/mol. The highest BCUT2D eigenvalue weighted by molar-refractivity contribution is 6.09. The minimum absolute atomic E-state index is 0.0194. The number of ketones is 1. The second-order valence-corrected chi connectivity index (χ2v) is 5.62. The van der Waals surface area contributed by atoms with Crippen LogP contribution in [0.2, 0.25) is 0 Å². The van der Waals surface area contributed by atoms with Crippen molar-refractivity contribution in [1.82, 2.24) is 4.98 Å². The molecule has 2 unspecified atom stereocenters. The molecular weight excluding hydrogens is 326 g/mol. The molecule has 0 saturated heterocycles. The molecule has 8 nitrogen and oxygen atoms in total. The molecule has 0 fully saturated rings. The number of rotatable bonds is 4. The van der Waals surface area contributed by atoms with Crippen molar-refractivity contribution in [3.05, 3.63) is 58.1 Å². The Morgan fingerprint density at radius 2 is 1.96 bits per heavy atom. The van der Waals surface area contributed by atoms with Gasteiger partial charge < -0.3 is 14.9 Å². The van der Waals surface area contributed by atoms with E-state index in [0.29, 0.717) is 5.56 Å². The zero-order valence-electron chi connectivity index (χ0n) is 13.6. The van der Waals surface area contributed by atoms with Crippen LogP contribution in [-0.2, 0) is 4.79 Å². The summed E-state index contributed by atoms with van der Waals surface area (Å²) in [6.45, 7) is 3.12. The first-order chi connectivity index (χ1) is 11.9. The van der Waals surface area contributed by atoms with Crippen LogP contribution >= 0.6 is 0 Å². The Kier molecular flexibility index (Phi) is 4.18. The number of pyridine rings is 1. The van der Waals surface area contributed by atoms with Crippen LogP contribution in [0, 0.1) is 10.1 Å². The molecule has 0 saturated carbocycles. The molecule has 2 aromatic rings. The number of fused-ring (bicyclic) bond motifs is 1. The lowest BCUT2D eigenvalue weighted by atomic mass is 10.0. The van der Waals surface area contributed by atoms with E-state index in [9.17, 15) is 19.7 Å². The summed E-state index contributed by atoms with van der Waals surface area (Å²) in [6, 6.07) is 10.2. The topological polar surface area (TPSA) is 103 Å². The van der Waals surface area contributed by atoms with Crippen LogP contribution in [0.3, 0.4) is 0 Å². The lowest BCUT2D eigenvalue weighted by Gasteiger charge is -2.32. The molecule has 128 valence electrons. The SMILES string of the molecule is CC1Oc2ccc([N+](=O)[O-])nc2N(C(C)C(=O)c2ccccc2)C1=O. The summed E-state index contributed by atoms with van der Waals surface area (Å²) < 4.78 is 5.46. The Labute approximate surface area is 143 Å². The Balaban J connectivity index is 2.05. The van der Waals surface area contributed by atoms with Crippen LogP contribution in [0.15, 0.2) is 42.5 Å². The van der Waals surface area contributed by atoms with Crippen molar-refractivity contribution < 1.29 is 19.2 Å². The van der Waals surface area contributed by atoms with Crippen molar-refractivity contribution in [3.63, 3.8) is 0 Å². The van der Waals surface area contributed by atoms with Gasteiger partial charge in [0.05, 0.1) is 0 Å². The first-order valence-electron chi connectivity index (χ1n) is 7.64. The Hall–Kier alpha value is -3.29. The van der Waals surface area contributed by atoms with Gasteiger partial charge in [-0.2, -0.15) is 0 Å². The molecule has 1 aromatic carbocycles. The summed E-state index contributed by atoms with van der Waals surface area (Å²) >= 11 is 0. The second-order valence-electron chi connectivity index (χ2n) is 5.62. The predicted octanol–water partition coefficient (Wildman–Crippen LogP) is 2.38. The number of nitrogens with zero attached hydrogens (tertiary/aromatic N) is 3. The smallest absolute Gasteiger partial charge is 0.366 e. The fourth-order valence-electron chi connectivity index (χ4n) is 2.67. The van der Waals surface area contributed by atoms with Gasteiger partial charge in [-0.05, 0) is 29.8 Å². The largest absolute Gasteiger partial charge is 0.475 e. The van der Waals surface area contributed by atoms with Gasteiger partial charge in [-0.25, -0.2) is 0 Å². The normalized spacial score (nSPS) is 17.4. The summed E-state index contributed by atoms with van der Waals surface area (Å²) in [5, 5.41) is 11.0. The molecule has 0 N–H and O–H groups in total. The van der Waals surface area contributed by atoms with Gasteiger partial charge in [0.15, 0.2) is 17.6 Å². The Bertz CT molecular complexity index is 853. The molecule has 0 aliphatic carbocycles. The number of hydrogen-bond donors (Lipinski definition) is 0. The number of ether oxygens (including phenoxy) is 1. The molecule has 0 bridgehead atoms. The van der Waals surface area contributed by atoms with E-state index in [2.05, 4.69) is 4.98 Å². The first-order valence-corrected chi connectivity index (χ1v) is 7.64. The van der Waals surface area contributed by atoms with Crippen LogP contribution in [-0.4, -0.2) is 33.7 Å². The number of aromatic nitrogens is 1. The van der Waals surface area contributed by atoms with Crippen LogP contribution < -0.4 is 9.64 Å². The number of amides is 1. The van der Waals surface area contributed by atoms with E-state index in [1.54, 1.807) is 44.2 Å². The number of benzene rings is 1. The predicted molar refractivity (Wildman–Crippen MR) is 88.7 cm³/mol. The Morgan fingerprint density at radius 3 is 2.60 bits per heavy atom. The standard InChI is InChI=1S/C17H15N3O5/c1-10(15(21)12-6-4-3-5-7-12)19-16-13(25-11(2)17(19)22)8-9-14(18-16)20(23)24/h3-11H,1-2H3. The third-order valence-corrected chi connectivity index (χ3v) is 3.95. The minimum atomic E-state index is -0.880. The lowest BCUT2D eigenvalue weighted by Crippen LogP contribution is -2.52. The van der Waals surface area contributed by atoms with Crippen LogP contribution in [0.1, 0.15) is 24.2 Å². The summed E-state index contributed by atoms with van der Waals surface area (Å²) in [6.07, 6.45) is -0.818. The summed E-state index contributed by atoms with van der Waals surface area (Å²) in [4.78, 5) is 40.7. The van der Waals surface area contributed by atoms with Gasteiger partial charge >= 0.3 is 5.82 Å². The van der Waals surface area contributed by atoms with Crippen molar-refractivity contribution in [2.24, 2.45) is 0 Å². The minimum Gasteiger partial charge on any atom is -0.475 e. The molecule has 1 aromatic heterocycles. The highest BCUT2D eigenvalue weighted by atomic mass is 16.6. The highest BCUT2D eigenvalue weighted by Crippen LogP contribution is 2.35. The van der Waals surface area contributed by atoms with E-state index >= 15 is 0 Å². The van der Waals surface area contributed by atoms with Gasteiger partial charge in [0.1, 0.15) is 6.04 Å². The first kappa shape index (κ1) is 16.6. The maximum Gasteiger partial charge on any atom is 0.366 e. The monoisotopic (exact) mass is 341 g/mol.